The Hall–Kier alpha value is -1.24. The first-order valence-electron chi connectivity index (χ1n) is 5.18. The van der Waals surface area contributed by atoms with Crippen LogP contribution in [0.4, 0.5) is 0 Å². The number of rotatable bonds is 0. The Morgan fingerprint density at radius 2 is 1.93 bits per heavy atom. The summed E-state index contributed by atoms with van der Waals surface area (Å²) in [6, 6.07) is 0. The minimum absolute atomic E-state index is 1.06. The summed E-state index contributed by atoms with van der Waals surface area (Å²) in [7, 11) is 2.15. The van der Waals surface area contributed by atoms with Crippen LogP contribution in [0.1, 0.15) is 28.9 Å². The van der Waals surface area contributed by atoms with Crippen molar-refractivity contribution in [1.29, 1.82) is 0 Å². The molecular formula is C13H17N. The van der Waals surface area contributed by atoms with Gasteiger partial charge in [0.15, 0.2) is 0 Å². The SMILES string of the molecule is Cc1c2c(n(C)c1C)/C=C\CC=CC2. The highest BCUT2D eigenvalue weighted by atomic mass is 15.0. The van der Waals surface area contributed by atoms with Gasteiger partial charge in [0.1, 0.15) is 0 Å². The van der Waals surface area contributed by atoms with Crippen molar-refractivity contribution >= 4 is 6.08 Å². The summed E-state index contributed by atoms with van der Waals surface area (Å²) in [6.07, 6.45) is 11.1. The van der Waals surface area contributed by atoms with Gasteiger partial charge < -0.3 is 4.57 Å². The first kappa shape index (κ1) is 9.32. The second-order valence-electron chi connectivity index (χ2n) is 3.95. The first-order chi connectivity index (χ1) is 6.72. The van der Waals surface area contributed by atoms with Gasteiger partial charge in [-0.3, -0.25) is 0 Å². The largest absolute Gasteiger partial charge is 0.348 e. The fourth-order valence-corrected chi connectivity index (χ4v) is 2.07. The highest BCUT2D eigenvalue weighted by Crippen LogP contribution is 2.24. The Kier molecular flexibility index (Phi) is 2.32. The van der Waals surface area contributed by atoms with Gasteiger partial charge in [-0.25, -0.2) is 0 Å². The van der Waals surface area contributed by atoms with E-state index in [2.05, 4.69) is 49.8 Å². The van der Waals surface area contributed by atoms with Crippen LogP contribution < -0.4 is 0 Å². The van der Waals surface area contributed by atoms with Crippen molar-refractivity contribution in [1.82, 2.24) is 4.57 Å². The molecule has 0 aliphatic heterocycles. The molecule has 74 valence electrons. The van der Waals surface area contributed by atoms with Crippen molar-refractivity contribution in [2.75, 3.05) is 0 Å². The van der Waals surface area contributed by atoms with E-state index in [9.17, 15) is 0 Å². The summed E-state index contributed by atoms with van der Waals surface area (Å²) >= 11 is 0. The lowest BCUT2D eigenvalue weighted by molar-refractivity contribution is 0.863. The summed E-state index contributed by atoms with van der Waals surface area (Å²) in [5, 5.41) is 0. The van der Waals surface area contributed by atoms with Gasteiger partial charge in [-0.2, -0.15) is 0 Å². The van der Waals surface area contributed by atoms with Crippen molar-refractivity contribution in [2.45, 2.75) is 26.7 Å². The van der Waals surface area contributed by atoms with E-state index in [1.807, 2.05) is 0 Å². The fraction of sp³-hybridized carbons (Fsp3) is 0.385. The van der Waals surface area contributed by atoms with Crippen LogP contribution >= 0.6 is 0 Å². The predicted octanol–water partition coefficient (Wildman–Crippen LogP) is 3.16. The van der Waals surface area contributed by atoms with Crippen molar-refractivity contribution in [2.24, 2.45) is 7.05 Å². The number of hydrogen-bond acceptors (Lipinski definition) is 0. The molecule has 0 N–H and O–H groups in total. The van der Waals surface area contributed by atoms with Gasteiger partial charge in [0.05, 0.1) is 0 Å². The summed E-state index contributed by atoms with van der Waals surface area (Å²) < 4.78 is 2.29. The quantitative estimate of drug-likeness (QED) is 0.550. The summed E-state index contributed by atoms with van der Waals surface area (Å²) in [6.45, 7) is 4.41. The topological polar surface area (TPSA) is 4.93 Å². The van der Waals surface area contributed by atoms with Crippen LogP contribution in [0.2, 0.25) is 0 Å². The van der Waals surface area contributed by atoms with E-state index < -0.39 is 0 Å². The maximum Gasteiger partial charge on any atom is 0.0441 e. The first-order valence-corrected chi connectivity index (χ1v) is 5.18. The highest BCUT2D eigenvalue weighted by molar-refractivity contribution is 5.56. The second-order valence-corrected chi connectivity index (χ2v) is 3.95. The lowest BCUT2D eigenvalue weighted by Gasteiger charge is -2.03. The molecule has 1 nitrogen and oxygen atoms in total. The lowest BCUT2D eigenvalue weighted by Crippen LogP contribution is -1.95. The maximum absolute atomic E-state index is 2.29. The third kappa shape index (κ3) is 1.33. The van der Waals surface area contributed by atoms with Gasteiger partial charge in [0.25, 0.3) is 0 Å². The van der Waals surface area contributed by atoms with Crippen LogP contribution in [-0.4, -0.2) is 4.57 Å². The number of aromatic nitrogens is 1. The van der Waals surface area contributed by atoms with Crippen molar-refractivity contribution in [3.05, 3.63) is 40.7 Å². The smallest absolute Gasteiger partial charge is 0.0441 e. The fourth-order valence-electron chi connectivity index (χ4n) is 2.07. The molecular weight excluding hydrogens is 170 g/mol. The molecule has 0 radical (unpaired) electrons. The monoisotopic (exact) mass is 187 g/mol. The van der Waals surface area contributed by atoms with Crippen molar-refractivity contribution in [3.63, 3.8) is 0 Å². The normalized spacial score (nSPS) is 17.4. The molecule has 1 aromatic heterocycles. The van der Waals surface area contributed by atoms with E-state index in [0.29, 0.717) is 0 Å². The Bertz CT molecular complexity index is 405. The molecule has 0 amide bonds. The summed E-state index contributed by atoms with van der Waals surface area (Å²) in [4.78, 5) is 0. The second kappa shape index (κ2) is 3.49. The van der Waals surface area contributed by atoms with Crippen LogP contribution in [0.3, 0.4) is 0 Å². The molecule has 0 unspecified atom stereocenters. The molecule has 14 heavy (non-hydrogen) atoms. The van der Waals surface area contributed by atoms with Crippen LogP contribution in [-0.2, 0) is 13.5 Å². The van der Waals surface area contributed by atoms with E-state index in [4.69, 9.17) is 0 Å². The van der Waals surface area contributed by atoms with Gasteiger partial charge in [-0.05, 0) is 43.9 Å². The van der Waals surface area contributed by atoms with Crippen LogP contribution in [0, 0.1) is 13.8 Å². The van der Waals surface area contributed by atoms with Crippen LogP contribution in [0.5, 0.6) is 0 Å². The van der Waals surface area contributed by atoms with Crippen molar-refractivity contribution < 1.29 is 0 Å². The Balaban J connectivity index is 2.62. The molecule has 0 bridgehead atoms. The standard InChI is InChI=1S/C13H17N/c1-10-11(2)14(3)13-9-7-5-4-6-8-12(10)13/h4,6-7,9H,5,8H2,1-3H3/b6-4?,9-7-. The predicted molar refractivity (Wildman–Crippen MR) is 61.4 cm³/mol. The van der Waals surface area contributed by atoms with Crippen LogP contribution in [0.15, 0.2) is 18.2 Å². The zero-order chi connectivity index (χ0) is 10.1. The average Bonchev–Trinajstić information content (AvgIpc) is 2.31. The van der Waals surface area contributed by atoms with E-state index in [-0.39, 0.29) is 0 Å². The molecule has 2 rings (SSSR count). The van der Waals surface area contributed by atoms with Gasteiger partial charge >= 0.3 is 0 Å². The molecule has 0 atom stereocenters. The molecule has 1 heterocycles. The van der Waals surface area contributed by atoms with Gasteiger partial charge in [0, 0.05) is 18.4 Å². The summed E-state index contributed by atoms with van der Waals surface area (Å²) in [5.41, 5.74) is 5.69. The maximum atomic E-state index is 2.29. The Morgan fingerprint density at radius 1 is 1.14 bits per heavy atom. The van der Waals surface area contributed by atoms with Crippen LogP contribution in [0.25, 0.3) is 6.08 Å². The number of hydrogen-bond donors (Lipinski definition) is 0. The van der Waals surface area contributed by atoms with Gasteiger partial charge in [0.2, 0.25) is 0 Å². The molecule has 1 heteroatoms. The minimum atomic E-state index is 1.06. The average molecular weight is 187 g/mol. The molecule has 1 aliphatic carbocycles. The van der Waals surface area contributed by atoms with E-state index >= 15 is 0 Å². The molecule has 0 fully saturated rings. The van der Waals surface area contributed by atoms with E-state index in [1.54, 1.807) is 0 Å². The Labute approximate surface area is 85.7 Å². The molecule has 1 aliphatic rings. The third-order valence-electron chi connectivity index (χ3n) is 3.21. The minimum Gasteiger partial charge on any atom is -0.348 e. The van der Waals surface area contributed by atoms with Crippen molar-refractivity contribution in [3.8, 4) is 0 Å². The van der Waals surface area contributed by atoms with Gasteiger partial charge in [-0.15, -0.1) is 0 Å². The molecule has 0 aromatic carbocycles. The zero-order valence-electron chi connectivity index (χ0n) is 9.17. The van der Waals surface area contributed by atoms with E-state index in [1.165, 1.54) is 22.5 Å². The number of allylic oxidation sites excluding steroid dienone is 3. The number of nitrogens with zero attached hydrogens (tertiary/aromatic N) is 1. The zero-order valence-corrected chi connectivity index (χ0v) is 9.17. The Morgan fingerprint density at radius 3 is 2.71 bits per heavy atom. The van der Waals surface area contributed by atoms with E-state index in [0.717, 1.165) is 12.8 Å². The molecule has 0 saturated carbocycles. The summed E-state index contributed by atoms with van der Waals surface area (Å²) in [5.74, 6) is 0. The number of fused-ring (bicyclic) bond motifs is 1. The third-order valence-corrected chi connectivity index (χ3v) is 3.21. The molecule has 1 aromatic rings. The lowest BCUT2D eigenvalue weighted by atomic mass is 10.0. The molecule has 0 spiro atoms. The van der Waals surface area contributed by atoms with Gasteiger partial charge in [-0.1, -0.05) is 18.2 Å². The highest BCUT2D eigenvalue weighted by Gasteiger charge is 2.12. The molecule has 0 saturated heterocycles.